The van der Waals surface area contributed by atoms with E-state index in [2.05, 4.69) is 30.1 Å². The Hall–Kier alpha value is -2.29. The van der Waals surface area contributed by atoms with Crippen LogP contribution >= 0.6 is 0 Å². The van der Waals surface area contributed by atoms with E-state index in [1.54, 1.807) is 14.2 Å². The average molecular weight is 297 g/mol. The fourth-order valence-corrected chi connectivity index (χ4v) is 2.40. The van der Waals surface area contributed by atoms with Gasteiger partial charge in [-0.2, -0.15) is 0 Å². The zero-order valence-corrected chi connectivity index (χ0v) is 13.5. The van der Waals surface area contributed by atoms with Crippen molar-refractivity contribution in [1.29, 1.82) is 0 Å². The molecule has 0 aliphatic heterocycles. The molecule has 0 bridgehead atoms. The van der Waals surface area contributed by atoms with E-state index >= 15 is 0 Å². The fraction of sp³-hybridized carbons (Fsp3) is 0.316. The van der Waals surface area contributed by atoms with Gasteiger partial charge in [-0.25, -0.2) is 0 Å². The Kier molecular flexibility index (Phi) is 6.01. The van der Waals surface area contributed by atoms with Crippen molar-refractivity contribution in [1.82, 2.24) is 0 Å². The molecule has 2 aromatic rings. The molecule has 0 saturated heterocycles. The molecule has 0 aromatic heterocycles. The van der Waals surface area contributed by atoms with E-state index in [0.717, 1.165) is 30.0 Å². The van der Waals surface area contributed by atoms with E-state index in [4.69, 9.17) is 9.47 Å². The number of rotatable bonds is 7. The summed E-state index contributed by atoms with van der Waals surface area (Å²) in [5.74, 6) is 1.90. The zero-order valence-electron chi connectivity index (χ0n) is 13.5. The third-order valence-electron chi connectivity index (χ3n) is 3.74. The second kappa shape index (κ2) is 8.23. The number of benzene rings is 2. The van der Waals surface area contributed by atoms with Crippen LogP contribution in [0.3, 0.4) is 0 Å². The van der Waals surface area contributed by atoms with Gasteiger partial charge in [-0.3, -0.25) is 4.99 Å². The Labute approximate surface area is 132 Å². The summed E-state index contributed by atoms with van der Waals surface area (Å²) in [6.45, 7) is 2.94. The molecule has 0 aliphatic carbocycles. The van der Waals surface area contributed by atoms with Crippen LogP contribution in [0, 0.1) is 0 Å². The Balaban J connectivity index is 2.10. The Morgan fingerprint density at radius 1 is 1.00 bits per heavy atom. The lowest BCUT2D eigenvalue weighted by Gasteiger charge is -2.15. The largest absolute Gasteiger partial charge is 0.493 e. The number of hydrogen-bond donors (Lipinski definition) is 0. The highest BCUT2D eigenvalue weighted by molar-refractivity contribution is 5.79. The van der Waals surface area contributed by atoms with Crippen molar-refractivity contribution in [3.63, 3.8) is 0 Å². The summed E-state index contributed by atoms with van der Waals surface area (Å²) in [5, 5.41) is 0. The standard InChI is InChI=1S/C19H23NO2/c1-4-16(14-20-13-15-8-6-5-7-9-15)17-10-11-18(21-2)19(12-17)22-3/h5-13,16H,4,14H2,1-3H3/t16-/m0/s1. The fourth-order valence-electron chi connectivity index (χ4n) is 2.40. The van der Waals surface area contributed by atoms with Gasteiger partial charge < -0.3 is 9.47 Å². The summed E-state index contributed by atoms with van der Waals surface area (Å²) >= 11 is 0. The van der Waals surface area contributed by atoms with Gasteiger partial charge in [-0.15, -0.1) is 0 Å². The first-order valence-corrected chi connectivity index (χ1v) is 7.55. The maximum absolute atomic E-state index is 5.38. The quantitative estimate of drug-likeness (QED) is 0.713. The van der Waals surface area contributed by atoms with Crippen molar-refractivity contribution in [3.05, 3.63) is 59.7 Å². The van der Waals surface area contributed by atoms with Crippen LogP contribution in [0.25, 0.3) is 0 Å². The minimum atomic E-state index is 0.375. The summed E-state index contributed by atoms with van der Waals surface area (Å²) in [7, 11) is 3.31. The Morgan fingerprint density at radius 2 is 1.73 bits per heavy atom. The average Bonchev–Trinajstić information content (AvgIpc) is 2.59. The smallest absolute Gasteiger partial charge is 0.160 e. The normalized spacial score (nSPS) is 12.3. The monoisotopic (exact) mass is 297 g/mol. The molecule has 2 aromatic carbocycles. The topological polar surface area (TPSA) is 30.8 Å². The molecule has 116 valence electrons. The van der Waals surface area contributed by atoms with E-state index in [1.807, 2.05) is 36.5 Å². The SMILES string of the molecule is CC[C@@H](CN=Cc1ccccc1)c1ccc(OC)c(OC)c1. The van der Waals surface area contributed by atoms with Gasteiger partial charge in [0.05, 0.1) is 14.2 Å². The van der Waals surface area contributed by atoms with Gasteiger partial charge in [-0.1, -0.05) is 43.3 Å². The molecule has 0 aliphatic rings. The van der Waals surface area contributed by atoms with Gasteiger partial charge in [-0.05, 0) is 29.7 Å². The summed E-state index contributed by atoms with van der Waals surface area (Å²) in [6.07, 6.45) is 2.96. The first-order chi connectivity index (χ1) is 10.8. The summed E-state index contributed by atoms with van der Waals surface area (Å²) in [4.78, 5) is 4.59. The molecular formula is C19H23NO2. The van der Waals surface area contributed by atoms with Gasteiger partial charge in [0.15, 0.2) is 11.5 Å². The van der Waals surface area contributed by atoms with Crippen LogP contribution in [0.5, 0.6) is 11.5 Å². The predicted octanol–water partition coefficient (Wildman–Crippen LogP) is 4.32. The lowest BCUT2D eigenvalue weighted by Crippen LogP contribution is -2.03. The lowest BCUT2D eigenvalue weighted by atomic mass is 9.96. The highest BCUT2D eigenvalue weighted by atomic mass is 16.5. The number of hydrogen-bond acceptors (Lipinski definition) is 3. The number of nitrogens with zero attached hydrogens (tertiary/aromatic N) is 1. The molecule has 0 saturated carbocycles. The summed E-state index contributed by atoms with van der Waals surface area (Å²) < 4.78 is 10.7. The predicted molar refractivity (Wildman–Crippen MR) is 91.5 cm³/mol. The van der Waals surface area contributed by atoms with Gasteiger partial charge in [0.1, 0.15) is 0 Å². The number of methoxy groups -OCH3 is 2. The zero-order chi connectivity index (χ0) is 15.8. The van der Waals surface area contributed by atoms with E-state index < -0.39 is 0 Å². The molecule has 3 heteroatoms. The lowest BCUT2D eigenvalue weighted by molar-refractivity contribution is 0.354. The first kappa shape index (κ1) is 16.1. The van der Waals surface area contributed by atoms with Crippen LogP contribution in [-0.2, 0) is 0 Å². The van der Waals surface area contributed by atoms with Crippen LogP contribution in [0.4, 0.5) is 0 Å². The van der Waals surface area contributed by atoms with Gasteiger partial charge in [0.2, 0.25) is 0 Å². The maximum atomic E-state index is 5.38. The molecule has 3 nitrogen and oxygen atoms in total. The van der Waals surface area contributed by atoms with Gasteiger partial charge in [0, 0.05) is 18.7 Å². The molecule has 22 heavy (non-hydrogen) atoms. The second-order valence-corrected chi connectivity index (χ2v) is 5.12. The second-order valence-electron chi connectivity index (χ2n) is 5.12. The van der Waals surface area contributed by atoms with Crippen LogP contribution in [0.15, 0.2) is 53.5 Å². The Bertz CT molecular complexity index is 608. The van der Waals surface area contributed by atoms with E-state index in [0.29, 0.717) is 5.92 Å². The van der Waals surface area contributed by atoms with E-state index in [1.165, 1.54) is 5.56 Å². The van der Waals surface area contributed by atoms with Crippen LogP contribution in [-0.4, -0.2) is 27.0 Å². The summed E-state index contributed by atoms with van der Waals surface area (Å²) in [6, 6.07) is 16.3. The molecule has 2 rings (SSSR count). The summed E-state index contributed by atoms with van der Waals surface area (Å²) in [5.41, 5.74) is 2.36. The molecule has 0 unspecified atom stereocenters. The number of aliphatic imine (C=N–C) groups is 1. The molecule has 0 spiro atoms. The molecule has 0 amide bonds. The highest BCUT2D eigenvalue weighted by Gasteiger charge is 2.12. The third kappa shape index (κ3) is 4.10. The van der Waals surface area contributed by atoms with Crippen molar-refractivity contribution in [2.24, 2.45) is 4.99 Å². The molecular weight excluding hydrogens is 274 g/mol. The molecule has 0 radical (unpaired) electrons. The highest BCUT2D eigenvalue weighted by Crippen LogP contribution is 2.31. The Morgan fingerprint density at radius 3 is 2.36 bits per heavy atom. The maximum Gasteiger partial charge on any atom is 0.160 e. The van der Waals surface area contributed by atoms with Crippen molar-refractivity contribution in [2.75, 3.05) is 20.8 Å². The minimum absolute atomic E-state index is 0.375. The van der Waals surface area contributed by atoms with E-state index in [-0.39, 0.29) is 0 Å². The van der Waals surface area contributed by atoms with Crippen LogP contribution < -0.4 is 9.47 Å². The molecule has 0 N–H and O–H groups in total. The molecule has 0 fully saturated rings. The molecule has 1 atom stereocenters. The third-order valence-corrected chi connectivity index (χ3v) is 3.74. The van der Waals surface area contributed by atoms with Gasteiger partial charge >= 0.3 is 0 Å². The first-order valence-electron chi connectivity index (χ1n) is 7.55. The van der Waals surface area contributed by atoms with Gasteiger partial charge in [0.25, 0.3) is 0 Å². The van der Waals surface area contributed by atoms with E-state index in [9.17, 15) is 0 Å². The van der Waals surface area contributed by atoms with Crippen molar-refractivity contribution in [2.45, 2.75) is 19.3 Å². The molecule has 0 heterocycles. The van der Waals surface area contributed by atoms with Crippen molar-refractivity contribution < 1.29 is 9.47 Å². The number of ether oxygens (including phenoxy) is 2. The minimum Gasteiger partial charge on any atom is -0.493 e. The van der Waals surface area contributed by atoms with Crippen LogP contribution in [0.1, 0.15) is 30.4 Å². The van der Waals surface area contributed by atoms with Crippen molar-refractivity contribution in [3.8, 4) is 11.5 Å². The van der Waals surface area contributed by atoms with Crippen LogP contribution in [0.2, 0.25) is 0 Å². The van der Waals surface area contributed by atoms with Crippen molar-refractivity contribution >= 4 is 6.21 Å².